The van der Waals surface area contributed by atoms with Crippen LogP contribution in [0.2, 0.25) is 0 Å². The summed E-state index contributed by atoms with van der Waals surface area (Å²) in [6, 6.07) is 22.2. The summed E-state index contributed by atoms with van der Waals surface area (Å²) < 4.78 is 5.52. The third-order valence-electron chi connectivity index (χ3n) is 4.59. The van der Waals surface area contributed by atoms with E-state index in [2.05, 4.69) is 5.32 Å². The summed E-state index contributed by atoms with van der Waals surface area (Å²) in [6.07, 6.45) is -0.560. The molecule has 4 rings (SSSR count). The number of fused-ring (bicyclic) bond motifs is 1. The smallest absolute Gasteiger partial charge is 0.262 e. The van der Waals surface area contributed by atoms with E-state index in [-0.39, 0.29) is 11.7 Å². The van der Waals surface area contributed by atoms with E-state index >= 15 is 0 Å². The number of aromatic hydroxyl groups is 1. The fourth-order valence-corrected chi connectivity index (χ4v) is 3.36. The Morgan fingerprint density at radius 2 is 1.74 bits per heavy atom. The molecule has 0 saturated heterocycles. The maximum absolute atomic E-state index is 13.3. The lowest BCUT2D eigenvalue weighted by Gasteiger charge is -2.38. The standard InChI is InChI=1S/C22H20N2O3/c1-2-27-19-14-8-12-17(20(19)25)21-23-18-13-7-6-11-16(18)22(26)24(21)15-9-4-3-5-10-15/h3-14,21,23,25H,2H2,1H3. The first-order valence-electron chi connectivity index (χ1n) is 8.89. The number of hydrogen-bond acceptors (Lipinski definition) is 4. The maximum atomic E-state index is 13.3. The molecule has 0 spiro atoms. The van der Waals surface area contributed by atoms with Crippen molar-refractivity contribution in [3.8, 4) is 11.5 Å². The number of amides is 1. The zero-order valence-electron chi connectivity index (χ0n) is 14.9. The molecule has 136 valence electrons. The molecule has 0 fully saturated rings. The Balaban J connectivity index is 1.87. The van der Waals surface area contributed by atoms with Gasteiger partial charge in [0, 0.05) is 16.9 Å². The van der Waals surface area contributed by atoms with Crippen LogP contribution in [0.3, 0.4) is 0 Å². The number of rotatable bonds is 4. The number of phenolic OH excluding ortho intramolecular Hbond substituents is 1. The Hall–Kier alpha value is -3.47. The minimum absolute atomic E-state index is 0.0324. The zero-order valence-corrected chi connectivity index (χ0v) is 14.9. The molecule has 1 unspecified atom stereocenters. The van der Waals surface area contributed by atoms with Crippen LogP contribution in [-0.4, -0.2) is 17.6 Å². The van der Waals surface area contributed by atoms with Crippen molar-refractivity contribution >= 4 is 17.3 Å². The fraction of sp³-hybridized carbons (Fsp3) is 0.136. The lowest BCUT2D eigenvalue weighted by Crippen LogP contribution is -2.43. The number of anilines is 2. The SMILES string of the molecule is CCOc1cccc(C2Nc3ccccc3C(=O)N2c2ccccc2)c1O. The molecule has 1 aliphatic heterocycles. The Morgan fingerprint density at radius 3 is 2.52 bits per heavy atom. The van der Waals surface area contributed by atoms with Gasteiger partial charge < -0.3 is 15.2 Å². The third kappa shape index (κ3) is 2.97. The molecule has 0 saturated carbocycles. The maximum Gasteiger partial charge on any atom is 0.262 e. The predicted octanol–water partition coefficient (Wildman–Crippen LogP) is 4.56. The number of hydrogen-bond donors (Lipinski definition) is 2. The molecule has 5 heteroatoms. The number of carbonyl (C=O) groups is 1. The van der Waals surface area contributed by atoms with Gasteiger partial charge in [-0.05, 0) is 37.3 Å². The molecule has 2 N–H and O–H groups in total. The molecule has 27 heavy (non-hydrogen) atoms. The van der Waals surface area contributed by atoms with Crippen molar-refractivity contribution < 1.29 is 14.6 Å². The number of nitrogens with one attached hydrogen (secondary N) is 1. The van der Waals surface area contributed by atoms with E-state index in [1.165, 1.54) is 0 Å². The van der Waals surface area contributed by atoms with Crippen LogP contribution in [-0.2, 0) is 0 Å². The molecule has 0 radical (unpaired) electrons. The second kappa shape index (κ2) is 7.03. The van der Waals surface area contributed by atoms with Gasteiger partial charge in [-0.1, -0.05) is 42.5 Å². The van der Waals surface area contributed by atoms with Crippen LogP contribution in [0.4, 0.5) is 11.4 Å². The minimum Gasteiger partial charge on any atom is -0.504 e. The van der Waals surface area contributed by atoms with E-state index in [9.17, 15) is 9.90 Å². The molecular formula is C22H20N2O3. The van der Waals surface area contributed by atoms with Gasteiger partial charge >= 0.3 is 0 Å². The quantitative estimate of drug-likeness (QED) is 0.716. The molecule has 5 nitrogen and oxygen atoms in total. The molecule has 1 amide bonds. The van der Waals surface area contributed by atoms with E-state index in [1.807, 2.05) is 61.5 Å². The van der Waals surface area contributed by atoms with Gasteiger partial charge in [-0.15, -0.1) is 0 Å². The highest BCUT2D eigenvalue weighted by Gasteiger charge is 2.35. The van der Waals surface area contributed by atoms with Gasteiger partial charge in [0.2, 0.25) is 0 Å². The first-order valence-corrected chi connectivity index (χ1v) is 8.89. The lowest BCUT2D eigenvalue weighted by molar-refractivity contribution is 0.0974. The number of ether oxygens (including phenoxy) is 1. The number of benzene rings is 3. The topological polar surface area (TPSA) is 61.8 Å². The molecule has 1 aliphatic rings. The molecule has 1 heterocycles. The van der Waals surface area contributed by atoms with Gasteiger partial charge in [-0.3, -0.25) is 9.69 Å². The van der Waals surface area contributed by atoms with Crippen molar-refractivity contribution in [1.82, 2.24) is 0 Å². The van der Waals surface area contributed by atoms with Crippen molar-refractivity contribution in [2.24, 2.45) is 0 Å². The highest BCUT2D eigenvalue weighted by Crippen LogP contribution is 2.42. The van der Waals surface area contributed by atoms with Crippen LogP contribution < -0.4 is 15.0 Å². The van der Waals surface area contributed by atoms with Crippen molar-refractivity contribution in [3.63, 3.8) is 0 Å². The molecule has 0 aromatic heterocycles. The lowest BCUT2D eigenvalue weighted by atomic mass is 10.0. The van der Waals surface area contributed by atoms with Crippen molar-refractivity contribution in [1.29, 1.82) is 0 Å². The highest BCUT2D eigenvalue weighted by atomic mass is 16.5. The van der Waals surface area contributed by atoms with Crippen molar-refractivity contribution in [3.05, 3.63) is 83.9 Å². The molecule has 0 bridgehead atoms. The number of para-hydroxylation sites is 3. The molecule has 1 atom stereocenters. The second-order valence-corrected chi connectivity index (χ2v) is 6.23. The molecule has 0 aliphatic carbocycles. The van der Waals surface area contributed by atoms with E-state index < -0.39 is 6.17 Å². The van der Waals surface area contributed by atoms with Crippen LogP contribution in [0.1, 0.15) is 29.0 Å². The van der Waals surface area contributed by atoms with Crippen LogP contribution in [0, 0.1) is 0 Å². The normalized spacial score (nSPS) is 15.8. The first-order chi connectivity index (χ1) is 13.2. The van der Waals surface area contributed by atoms with Gasteiger partial charge in [0.05, 0.1) is 12.2 Å². The van der Waals surface area contributed by atoms with Gasteiger partial charge in [0.25, 0.3) is 5.91 Å². The molecule has 3 aromatic rings. The first kappa shape index (κ1) is 17.0. The Kier molecular flexibility index (Phi) is 4.42. The average Bonchev–Trinajstić information content (AvgIpc) is 2.70. The summed E-state index contributed by atoms with van der Waals surface area (Å²) in [5.41, 5.74) is 2.65. The number of nitrogens with zero attached hydrogens (tertiary/aromatic N) is 1. The Labute approximate surface area is 157 Å². The van der Waals surface area contributed by atoms with E-state index in [0.717, 1.165) is 11.4 Å². The van der Waals surface area contributed by atoms with E-state index in [0.29, 0.717) is 23.5 Å². The van der Waals surface area contributed by atoms with Gasteiger partial charge in [-0.2, -0.15) is 0 Å². The van der Waals surface area contributed by atoms with Crippen molar-refractivity contribution in [2.75, 3.05) is 16.8 Å². The monoisotopic (exact) mass is 360 g/mol. The summed E-state index contributed by atoms with van der Waals surface area (Å²) in [7, 11) is 0. The zero-order chi connectivity index (χ0) is 18.8. The van der Waals surface area contributed by atoms with Crippen LogP contribution in [0.25, 0.3) is 0 Å². The second-order valence-electron chi connectivity index (χ2n) is 6.23. The summed E-state index contributed by atoms with van der Waals surface area (Å²) in [6.45, 7) is 2.31. The van der Waals surface area contributed by atoms with E-state index in [1.54, 1.807) is 23.1 Å². The fourth-order valence-electron chi connectivity index (χ4n) is 3.36. The Bertz CT molecular complexity index is 972. The molecule has 3 aromatic carbocycles. The minimum atomic E-state index is -0.560. The largest absolute Gasteiger partial charge is 0.504 e. The summed E-state index contributed by atoms with van der Waals surface area (Å²) in [4.78, 5) is 15.0. The third-order valence-corrected chi connectivity index (χ3v) is 4.59. The van der Waals surface area contributed by atoms with Gasteiger partial charge in [-0.25, -0.2) is 0 Å². The van der Waals surface area contributed by atoms with E-state index in [4.69, 9.17) is 4.74 Å². The van der Waals surface area contributed by atoms with Gasteiger partial charge in [0.1, 0.15) is 6.17 Å². The van der Waals surface area contributed by atoms with Crippen molar-refractivity contribution in [2.45, 2.75) is 13.1 Å². The highest BCUT2D eigenvalue weighted by molar-refractivity contribution is 6.12. The Morgan fingerprint density at radius 1 is 1.00 bits per heavy atom. The summed E-state index contributed by atoms with van der Waals surface area (Å²) in [5.74, 6) is 0.308. The average molecular weight is 360 g/mol. The van der Waals surface area contributed by atoms with Crippen LogP contribution >= 0.6 is 0 Å². The van der Waals surface area contributed by atoms with Gasteiger partial charge in [0.15, 0.2) is 11.5 Å². The van der Waals surface area contributed by atoms with Crippen LogP contribution in [0.15, 0.2) is 72.8 Å². The predicted molar refractivity (Wildman–Crippen MR) is 105 cm³/mol. The molecular weight excluding hydrogens is 340 g/mol. The summed E-state index contributed by atoms with van der Waals surface area (Å²) in [5, 5.41) is 14.2. The number of phenols is 1. The number of carbonyl (C=O) groups excluding carboxylic acids is 1. The van der Waals surface area contributed by atoms with Crippen LogP contribution in [0.5, 0.6) is 11.5 Å². The summed E-state index contributed by atoms with van der Waals surface area (Å²) >= 11 is 0.